The minimum absolute atomic E-state index is 0.201. The van der Waals surface area contributed by atoms with Gasteiger partial charge in [0.2, 0.25) is 0 Å². The SMILES string of the molecule is Cc1cc(NC(=O)NCCCn2ccnn2)n(C(C)C2CC2)n1. The van der Waals surface area contributed by atoms with E-state index in [1.54, 1.807) is 17.1 Å². The molecule has 2 amide bonds. The number of amides is 2. The van der Waals surface area contributed by atoms with E-state index in [-0.39, 0.29) is 6.03 Å². The molecule has 1 aliphatic rings. The number of hydrogen-bond acceptors (Lipinski definition) is 4. The van der Waals surface area contributed by atoms with Gasteiger partial charge in [-0.1, -0.05) is 5.21 Å². The molecule has 0 aliphatic heterocycles. The van der Waals surface area contributed by atoms with Crippen molar-refractivity contribution < 1.29 is 4.79 Å². The summed E-state index contributed by atoms with van der Waals surface area (Å²) < 4.78 is 3.68. The second-order valence-corrected chi connectivity index (χ2v) is 6.09. The van der Waals surface area contributed by atoms with Gasteiger partial charge in [0.25, 0.3) is 0 Å². The number of carbonyl (C=O) groups is 1. The Bertz CT molecular complexity index is 645. The highest BCUT2D eigenvalue weighted by Gasteiger charge is 2.31. The van der Waals surface area contributed by atoms with E-state index in [0.29, 0.717) is 18.5 Å². The highest BCUT2D eigenvalue weighted by atomic mass is 16.2. The molecular weight excluding hydrogens is 294 g/mol. The fourth-order valence-electron chi connectivity index (χ4n) is 2.65. The van der Waals surface area contributed by atoms with Crippen molar-refractivity contribution in [2.45, 2.75) is 45.7 Å². The van der Waals surface area contributed by atoms with Crippen molar-refractivity contribution in [2.75, 3.05) is 11.9 Å². The first-order valence-corrected chi connectivity index (χ1v) is 8.08. The lowest BCUT2D eigenvalue weighted by molar-refractivity contribution is 0.251. The Morgan fingerprint density at radius 2 is 2.30 bits per heavy atom. The summed E-state index contributed by atoms with van der Waals surface area (Å²) in [5.74, 6) is 1.44. The predicted molar refractivity (Wildman–Crippen MR) is 86.1 cm³/mol. The maximum atomic E-state index is 12.0. The van der Waals surface area contributed by atoms with Gasteiger partial charge in [-0.25, -0.2) is 9.48 Å². The zero-order chi connectivity index (χ0) is 16.2. The first kappa shape index (κ1) is 15.5. The van der Waals surface area contributed by atoms with Gasteiger partial charge >= 0.3 is 6.03 Å². The van der Waals surface area contributed by atoms with E-state index in [4.69, 9.17) is 0 Å². The number of rotatable bonds is 7. The van der Waals surface area contributed by atoms with Gasteiger partial charge in [-0.3, -0.25) is 10.00 Å². The third-order valence-corrected chi connectivity index (χ3v) is 4.11. The van der Waals surface area contributed by atoms with Crippen molar-refractivity contribution in [1.82, 2.24) is 30.1 Å². The average molecular weight is 317 g/mol. The van der Waals surface area contributed by atoms with Gasteiger partial charge in [-0.2, -0.15) is 5.10 Å². The van der Waals surface area contributed by atoms with E-state index in [1.165, 1.54) is 12.8 Å². The number of aryl methyl sites for hydroxylation is 2. The summed E-state index contributed by atoms with van der Waals surface area (Å²) in [6.07, 6.45) is 6.74. The maximum absolute atomic E-state index is 12.0. The van der Waals surface area contributed by atoms with Gasteiger partial charge in [0.15, 0.2) is 0 Å². The van der Waals surface area contributed by atoms with Crippen molar-refractivity contribution in [2.24, 2.45) is 5.92 Å². The lowest BCUT2D eigenvalue weighted by Gasteiger charge is -2.15. The zero-order valence-corrected chi connectivity index (χ0v) is 13.6. The second kappa shape index (κ2) is 6.80. The van der Waals surface area contributed by atoms with Crippen LogP contribution in [0.1, 0.15) is 37.9 Å². The molecule has 23 heavy (non-hydrogen) atoms. The predicted octanol–water partition coefficient (Wildman–Crippen LogP) is 1.97. The summed E-state index contributed by atoms with van der Waals surface area (Å²) >= 11 is 0. The number of carbonyl (C=O) groups excluding carboxylic acids is 1. The Kier molecular flexibility index (Phi) is 4.59. The van der Waals surface area contributed by atoms with Gasteiger partial charge in [0.1, 0.15) is 5.82 Å². The topological polar surface area (TPSA) is 89.7 Å². The second-order valence-electron chi connectivity index (χ2n) is 6.09. The molecule has 1 saturated carbocycles. The van der Waals surface area contributed by atoms with Crippen LogP contribution < -0.4 is 10.6 Å². The van der Waals surface area contributed by atoms with Crippen LogP contribution >= 0.6 is 0 Å². The van der Waals surface area contributed by atoms with Crippen molar-refractivity contribution in [3.63, 3.8) is 0 Å². The van der Waals surface area contributed by atoms with Crippen LogP contribution in [0.3, 0.4) is 0 Å². The van der Waals surface area contributed by atoms with Crippen LogP contribution in [0.4, 0.5) is 10.6 Å². The molecule has 1 atom stereocenters. The molecule has 0 saturated heterocycles. The number of nitrogens with zero attached hydrogens (tertiary/aromatic N) is 5. The monoisotopic (exact) mass is 317 g/mol. The maximum Gasteiger partial charge on any atom is 0.320 e. The third-order valence-electron chi connectivity index (χ3n) is 4.11. The first-order valence-electron chi connectivity index (χ1n) is 8.08. The number of hydrogen-bond donors (Lipinski definition) is 2. The molecule has 8 nitrogen and oxygen atoms in total. The van der Waals surface area contributed by atoms with Crippen molar-refractivity contribution in [3.05, 3.63) is 24.2 Å². The van der Waals surface area contributed by atoms with E-state index in [9.17, 15) is 4.79 Å². The van der Waals surface area contributed by atoms with Crippen molar-refractivity contribution in [3.8, 4) is 0 Å². The number of nitrogens with one attached hydrogen (secondary N) is 2. The molecule has 1 aliphatic carbocycles. The normalized spacial score (nSPS) is 15.4. The summed E-state index contributed by atoms with van der Waals surface area (Å²) in [7, 11) is 0. The van der Waals surface area contributed by atoms with Gasteiger partial charge < -0.3 is 5.32 Å². The van der Waals surface area contributed by atoms with Gasteiger partial charge in [0.05, 0.1) is 17.9 Å². The minimum atomic E-state index is -0.201. The molecule has 8 heteroatoms. The van der Waals surface area contributed by atoms with E-state index in [2.05, 4.69) is 33.0 Å². The molecule has 2 aromatic rings. The number of aromatic nitrogens is 5. The molecule has 124 valence electrons. The fraction of sp³-hybridized carbons (Fsp3) is 0.600. The van der Waals surface area contributed by atoms with Gasteiger partial charge in [-0.05, 0) is 39.0 Å². The lowest BCUT2D eigenvalue weighted by atomic mass is 10.2. The van der Waals surface area contributed by atoms with Crippen LogP contribution in [0.25, 0.3) is 0 Å². The Morgan fingerprint density at radius 1 is 1.48 bits per heavy atom. The van der Waals surface area contributed by atoms with Gasteiger partial charge in [-0.15, -0.1) is 5.10 Å². The Balaban J connectivity index is 1.47. The molecule has 0 aromatic carbocycles. The van der Waals surface area contributed by atoms with E-state index >= 15 is 0 Å². The summed E-state index contributed by atoms with van der Waals surface area (Å²) in [6, 6.07) is 2.03. The molecule has 0 radical (unpaired) electrons. The average Bonchev–Trinajstić information content (AvgIpc) is 3.12. The smallest absolute Gasteiger partial charge is 0.320 e. The minimum Gasteiger partial charge on any atom is -0.338 e. The third kappa shape index (κ3) is 4.08. The van der Waals surface area contributed by atoms with Crippen molar-refractivity contribution in [1.29, 1.82) is 0 Å². The van der Waals surface area contributed by atoms with Crippen LogP contribution in [-0.4, -0.2) is 37.4 Å². The fourth-order valence-corrected chi connectivity index (χ4v) is 2.65. The summed E-state index contributed by atoms with van der Waals surface area (Å²) in [4.78, 5) is 12.0. The van der Waals surface area contributed by atoms with Crippen LogP contribution in [-0.2, 0) is 6.54 Å². The molecule has 2 aromatic heterocycles. The van der Waals surface area contributed by atoms with E-state index in [0.717, 1.165) is 24.5 Å². The largest absolute Gasteiger partial charge is 0.338 e. The van der Waals surface area contributed by atoms with Crippen LogP contribution in [0.2, 0.25) is 0 Å². The number of urea groups is 1. The molecule has 2 heterocycles. The van der Waals surface area contributed by atoms with E-state index in [1.807, 2.05) is 17.7 Å². The van der Waals surface area contributed by atoms with E-state index < -0.39 is 0 Å². The molecule has 0 bridgehead atoms. The molecule has 0 spiro atoms. The lowest BCUT2D eigenvalue weighted by Crippen LogP contribution is -2.31. The van der Waals surface area contributed by atoms with Crippen LogP contribution in [0, 0.1) is 12.8 Å². The Hall–Kier alpha value is -2.38. The number of anilines is 1. The van der Waals surface area contributed by atoms with Gasteiger partial charge in [0, 0.05) is 25.4 Å². The molecule has 2 N–H and O–H groups in total. The summed E-state index contributed by atoms with van der Waals surface area (Å²) in [5, 5.41) is 17.9. The highest BCUT2D eigenvalue weighted by Crippen LogP contribution is 2.40. The standard InChI is InChI=1S/C15H23N7O/c1-11-10-14(22(19-11)12(2)13-4-5-13)18-15(23)16-6-3-8-21-9-7-17-20-21/h7,9-10,12-13H,3-6,8H2,1-2H3,(H2,16,18,23). The zero-order valence-electron chi connectivity index (χ0n) is 13.6. The highest BCUT2D eigenvalue weighted by molar-refractivity contribution is 5.88. The van der Waals surface area contributed by atoms with Crippen LogP contribution in [0.15, 0.2) is 18.5 Å². The molecule has 1 unspecified atom stereocenters. The molecule has 1 fully saturated rings. The molecule has 3 rings (SSSR count). The Labute approximate surface area is 135 Å². The van der Waals surface area contributed by atoms with Crippen LogP contribution in [0.5, 0.6) is 0 Å². The first-order chi connectivity index (χ1) is 11.1. The quantitative estimate of drug-likeness (QED) is 0.764. The Morgan fingerprint density at radius 3 is 3.00 bits per heavy atom. The summed E-state index contributed by atoms with van der Waals surface area (Å²) in [6.45, 7) is 5.41. The van der Waals surface area contributed by atoms with Crippen molar-refractivity contribution >= 4 is 11.8 Å². The summed E-state index contributed by atoms with van der Waals surface area (Å²) in [5.41, 5.74) is 0.916. The molecular formula is C15H23N7O.